The number of rotatable bonds is 4. The lowest BCUT2D eigenvalue weighted by molar-refractivity contribution is -0.130. The molecule has 1 aromatic heterocycles. The van der Waals surface area contributed by atoms with Crippen molar-refractivity contribution in [1.29, 1.82) is 0 Å². The Labute approximate surface area is 88.2 Å². The van der Waals surface area contributed by atoms with Crippen molar-refractivity contribution in [3.05, 3.63) is 15.5 Å². The largest absolute Gasteiger partial charge is 0.345 e. The molecule has 0 N–H and O–H groups in total. The normalized spacial score (nSPS) is 11.2. The molecule has 0 aromatic carbocycles. The van der Waals surface area contributed by atoms with E-state index in [-0.39, 0.29) is 6.61 Å². The van der Waals surface area contributed by atoms with E-state index in [1.807, 2.05) is 6.92 Å². The summed E-state index contributed by atoms with van der Waals surface area (Å²) in [6.45, 7) is -0.470. The third-order valence-corrected chi connectivity index (χ3v) is 2.65. The molecule has 0 atom stereocenters. The average molecular weight is 302 g/mol. The highest BCUT2D eigenvalue weighted by Crippen LogP contribution is 2.09. The van der Waals surface area contributed by atoms with E-state index in [4.69, 9.17) is 0 Å². The summed E-state index contributed by atoms with van der Waals surface area (Å²) in [5.41, 5.74) is 0.971. The van der Waals surface area contributed by atoms with E-state index in [0.717, 1.165) is 9.26 Å². The topological polar surface area (TPSA) is 27.1 Å². The van der Waals surface area contributed by atoms with E-state index < -0.39 is 6.61 Å². The molecule has 0 aliphatic heterocycles. The summed E-state index contributed by atoms with van der Waals surface area (Å²) >= 11 is 2.14. The fourth-order valence-corrected chi connectivity index (χ4v) is 1.28. The van der Waals surface area contributed by atoms with Gasteiger partial charge in [0.25, 0.3) is 0 Å². The molecule has 0 bridgehead atoms. The predicted molar refractivity (Wildman–Crippen MR) is 51.6 cm³/mol. The van der Waals surface area contributed by atoms with Crippen molar-refractivity contribution in [3.8, 4) is 0 Å². The van der Waals surface area contributed by atoms with Crippen LogP contribution in [0.1, 0.15) is 5.69 Å². The van der Waals surface area contributed by atoms with Crippen LogP contribution in [0.3, 0.4) is 0 Å². The van der Waals surface area contributed by atoms with Crippen LogP contribution in [0.25, 0.3) is 0 Å². The lowest BCUT2D eigenvalue weighted by Gasteiger charge is -2.04. The highest BCUT2D eigenvalue weighted by atomic mass is 127. The first-order valence-corrected chi connectivity index (χ1v) is 4.77. The van der Waals surface area contributed by atoms with E-state index in [0.29, 0.717) is 6.54 Å². The van der Waals surface area contributed by atoms with Gasteiger partial charge in [-0.25, -0.2) is 0 Å². The number of nitrogens with zero attached hydrogens (tertiary/aromatic N) is 2. The second-order valence-electron chi connectivity index (χ2n) is 2.43. The number of hydrogen-bond acceptors (Lipinski definition) is 2. The average Bonchev–Trinajstić information content (AvgIpc) is 2.35. The van der Waals surface area contributed by atoms with Crippen LogP contribution in [0.5, 0.6) is 0 Å². The van der Waals surface area contributed by atoms with Crippen molar-refractivity contribution in [3.63, 3.8) is 0 Å². The number of hydrogen-bond donors (Lipinski definition) is 0. The van der Waals surface area contributed by atoms with Crippen LogP contribution in [0, 0.1) is 10.5 Å². The molecule has 0 radical (unpaired) electrons. The second-order valence-corrected chi connectivity index (χ2v) is 3.59. The molecule has 0 aliphatic rings. The van der Waals surface area contributed by atoms with E-state index in [9.17, 15) is 8.78 Å². The van der Waals surface area contributed by atoms with Gasteiger partial charge in [-0.05, 0) is 29.5 Å². The number of aromatic nitrogens is 2. The van der Waals surface area contributed by atoms with Crippen molar-refractivity contribution in [2.45, 2.75) is 20.1 Å². The van der Waals surface area contributed by atoms with Crippen LogP contribution in [0.4, 0.5) is 8.78 Å². The third kappa shape index (κ3) is 3.18. The first-order valence-electron chi connectivity index (χ1n) is 3.69. The highest BCUT2D eigenvalue weighted by molar-refractivity contribution is 14.1. The fraction of sp³-hybridized carbons (Fsp3) is 0.571. The van der Waals surface area contributed by atoms with E-state index in [2.05, 4.69) is 32.4 Å². The van der Waals surface area contributed by atoms with Crippen LogP contribution in [-0.4, -0.2) is 23.0 Å². The van der Waals surface area contributed by atoms with E-state index in [1.165, 1.54) is 0 Å². The SMILES string of the molecule is Cc1c(I)cnn1CCOC(F)F. The van der Waals surface area contributed by atoms with Gasteiger partial charge in [-0.15, -0.1) is 0 Å². The number of alkyl halides is 2. The van der Waals surface area contributed by atoms with Gasteiger partial charge in [0, 0.05) is 5.69 Å². The smallest absolute Gasteiger partial charge is 0.321 e. The highest BCUT2D eigenvalue weighted by Gasteiger charge is 2.05. The first-order chi connectivity index (χ1) is 6.11. The standard InChI is InChI=1S/C7H9F2IN2O/c1-5-6(10)4-11-12(5)2-3-13-7(8)9/h4,7H,2-3H2,1H3. The molecule has 0 aliphatic carbocycles. The molecule has 74 valence electrons. The van der Waals surface area contributed by atoms with Gasteiger partial charge in [-0.1, -0.05) is 0 Å². The van der Waals surface area contributed by atoms with Gasteiger partial charge >= 0.3 is 6.61 Å². The quantitative estimate of drug-likeness (QED) is 0.796. The van der Waals surface area contributed by atoms with Crippen LogP contribution in [-0.2, 0) is 11.3 Å². The minimum absolute atomic E-state index is 0.0176. The Morgan fingerprint density at radius 2 is 2.38 bits per heavy atom. The number of ether oxygens (including phenoxy) is 1. The Balaban J connectivity index is 2.41. The summed E-state index contributed by atoms with van der Waals surface area (Å²) in [6.07, 6.45) is 1.69. The summed E-state index contributed by atoms with van der Waals surface area (Å²) in [4.78, 5) is 0. The minimum Gasteiger partial charge on any atom is -0.321 e. The molecule has 1 heterocycles. The molecular weight excluding hydrogens is 293 g/mol. The molecule has 6 heteroatoms. The fourth-order valence-electron chi connectivity index (χ4n) is 0.877. The van der Waals surface area contributed by atoms with Gasteiger partial charge < -0.3 is 4.74 Å². The van der Waals surface area contributed by atoms with Crippen molar-refractivity contribution in [2.75, 3.05) is 6.61 Å². The van der Waals surface area contributed by atoms with Gasteiger partial charge in [-0.2, -0.15) is 13.9 Å². The summed E-state index contributed by atoms with van der Waals surface area (Å²) in [5.74, 6) is 0. The Morgan fingerprint density at radius 1 is 1.69 bits per heavy atom. The zero-order valence-corrected chi connectivity index (χ0v) is 9.16. The molecule has 0 unspecified atom stereocenters. The first kappa shape index (κ1) is 10.8. The molecule has 0 fully saturated rings. The van der Waals surface area contributed by atoms with E-state index in [1.54, 1.807) is 10.9 Å². The lowest BCUT2D eigenvalue weighted by atomic mass is 10.5. The summed E-state index contributed by atoms with van der Waals surface area (Å²) < 4.78 is 30.0. The minimum atomic E-state index is -2.70. The van der Waals surface area contributed by atoms with Gasteiger partial charge in [-0.3, -0.25) is 4.68 Å². The van der Waals surface area contributed by atoms with Gasteiger partial charge in [0.15, 0.2) is 0 Å². The molecule has 0 saturated carbocycles. The van der Waals surface area contributed by atoms with Crippen molar-refractivity contribution in [1.82, 2.24) is 9.78 Å². The van der Waals surface area contributed by atoms with Crippen LogP contribution >= 0.6 is 22.6 Å². The van der Waals surface area contributed by atoms with Crippen LogP contribution in [0.15, 0.2) is 6.20 Å². The maximum absolute atomic E-state index is 11.6. The molecule has 1 rings (SSSR count). The molecule has 1 aromatic rings. The van der Waals surface area contributed by atoms with Gasteiger partial charge in [0.05, 0.1) is 22.9 Å². The Hall–Kier alpha value is -0.240. The van der Waals surface area contributed by atoms with Crippen molar-refractivity contribution < 1.29 is 13.5 Å². The molecule has 13 heavy (non-hydrogen) atoms. The summed E-state index contributed by atoms with van der Waals surface area (Å²) in [5, 5.41) is 4.00. The second kappa shape index (κ2) is 4.85. The van der Waals surface area contributed by atoms with Crippen molar-refractivity contribution >= 4 is 22.6 Å². The number of halogens is 3. The third-order valence-electron chi connectivity index (χ3n) is 1.59. The molecule has 0 spiro atoms. The lowest BCUT2D eigenvalue weighted by Crippen LogP contribution is -2.11. The zero-order valence-electron chi connectivity index (χ0n) is 7.01. The Morgan fingerprint density at radius 3 is 2.85 bits per heavy atom. The zero-order chi connectivity index (χ0) is 9.84. The van der Waals surface area contributed by atoms with Crippen molar-refractivity contribution in [2.24, 2.45) is 0 Å². The molecule has 3 nitrogen and oxygen atoms in total. The van der Waals surface area contributed by atoms with Crippen LogP contribution in [0.2, 0.25) is 0 Å². The maximum atomic E-state index is 11.6. The van der Waals surface area contributed by atoms with E-state index >= 15 is 0 Å². The molecular formula is C7H9F2IN2O. The van der Waals surface area contributed by atoms with Gasteiger partial charge in [0.2, 0.25) is 0 Å². The molecule has 0 saturated heterocycles. The Kier molecular flexibility index (Phi) is 4.04. The Bertz CT molecular complexity index is 277. The molecule has 0 amide bonds. The van der Waals surface area contributed by atoms with Crippen LogP contribution < -0.4 is 0 Å². The monoisotopic (exact) mass is 302 g/mol. The summed E-state index contributed by atoms with van der Waals surface area (Å²) in [6, 6.07) is 0. The maximum Gasteiger partial charge on any atom is 0.345 e. The van der Waals surface area contributed by atoms with Gasteiger partial charge in [0.1, 0.15) is 0 Å². The predicted octanol–water partition coefficient (Wildman–Crippen LogP) is 2.04. The summed E-state index contributed by atoms with van der Waals surface area (Å²) in [7, 11) is 0.